The molecule has 1 unspecified atom stereocenters. The Balaban J connectivity index is 1.90. The molecule has 1 atom stereocenters. The normalized spacial score (nSPS) is 16.2. The average Bonchev–Trinajstić information content (AvgIpc) is 3.18. The quantitative estimate of drug-likeness (QED) is 0.664. The van der Waals surface area contributed by atoms with E-state index in [-0.39, 0.29) is 10.0 Å². The van der Waals surface area contributed by atoms with Crippen LogP contribution < -0.4 is 5.32 Å². The van der Waals surface area contributed by atoms with E-state index in [4.69, 9.17) is 23.2 Å². The number of thiophene rings is 1. The Labute approximate surface area is 138 Å². The highest BCUT2D eigenvalue weighted by molar-refractivity contribution is 7.15. The van der Waals surface area contributed by atoms with Crippen LogP contribution in [0.2, 0.25) is 10.0 Å². The molecule has 1 heterocycles. The molecule has 1 nitrogen and oxygen atoms in total. The second-order valence-corrected chi connectivity index (χ2v) is 7.26. The van der Waals surface area contributed by atoms with Gasteiger partial charge in [-0.2, -0.15) is 0 Å². The third kappa shape index (κ3) is 3.26. The van der Waals surface area contributed by atoms with Crippen LogP contribution >= 0.6 is 34.5 Å². The molecule has 1 fully saturated rings. The van der Waals surface area contributed by atoms with E-state index in [0.717, 1.165) is 22.9 Å². The topological polar surface area (TPSA) is 12.0 Å². The first-order valence-corrected chi connectivity index (χ1v) is 8.65. The maximum absolute atomic E-state index is 13.5. The van der Waals surface area contributed by atoms with E-state index in [0.29, 0.717) is 6.04 Å². The molecule has 1 aromatic carbocycles. The minimum Gasteiger partial charge on any atom is -0.309 e. The fraction of sp³-hybridized carbons (Fsp3) is 0.375. The van der Waals surface area contributed by atoms with Crippen molar-refractivity contribution in [2.45, 2.75) is 25.8 Å². The number of halogens is 3. The van der Waals surface area contributed by atoms with Crippen LogP contribution in [-0.2, 0) is 0 Å². The third-order valence-corrected chi connectivity index (χ3v) is 5.49. The van der Waals surface area contributed by atoms with Crippen molar-refractivity contribution in [1.82, 2.24) is 5.32 Å². The van der Waals surface area contributed by atoms with Gasteiger partial charge in [0.2, 0.25) is 0 Å². The van der Waals surface area contributed by atoms with Gasteiger partial charge in [0.05, 0.1) is 10.0 Å². The van der Waals surface area contributed by atoms with E-state index >= 15 is 0 Å². The van der Waals surface area contributed by atoms with Gasteiger partial charge in [0.15, 0.2) is 5.82 Å². The molecule has 1 aromatic heterocycles. The van der Waals surface area contributed by atoms with Crippen molar-refractivity contribution >= 4 is 34.5 Å². The standard InChI is InChI=1S/C16H16Cl2FNS/c1-2-20-16(9-3-4-9)14-6-5-13(21-14)10-7-11(17)15(19)12(18)8-10/h5-9,16,20H,2-4H2,1H3. The van der Waals surface area contributed by atoms with Crippen LogP contribution in [0.4, 0.5) is 4.39 Å². The van der Waals surface area contributed by atoms with Crippen molar-refractivity contribution in [1.29, 1.82) is 0 Å². The van der Waals surface area contributed by atoms with Crippen LogP contribution in [0.25, 0.3) is 10.4 Å². The van der Waals surface area contributed by atoms with Gasteiger partial charge < -0.3 is 5.32 Å². The summed E-state index contributed by atoms with van der Waals surface area (Å²) < 4.78 is 13.5. The summed E-state index contributed by atoms with van der Waals surface area (Å²) in [6, 6.07) is 7.92. The Kier molecular flexibility index (Phi) is 4.55. The largest absolute Gasteiger partial charge is 0.309 e. The van der Waals surface area contributed by atoms with Crippen LogP contribution in [0.15, 0.2) is 24.3 Å². The van der Waals surface area contributed by atoms with Crippen molar-refractivity contribution in [2.24, 2.45) is 5.92 Å². The third-order valence-electron chi connectivity index (χ3n) is 3.72. The highest BCUT2D eigenvalue weighted by Gasteiger charge is 2.32. The Morgan fingerprint density at radius 3 is 2.52 bits per heavy atom. The molecule has 0 spiro atoms. The molecule has 0 saturated heterocycles. The molecule has 0 aliphatic heterocycles. The van der Waals surface area contributed by atoms with E-state index in [2.05, 4.69) is 24.4 Å². The monoisotopic (exact) mass is 343 g/mol. The Morgan fingerprint density at radius 2 is 1.95 bits per heavy atom. The first-order valence-electron chi connectivity index (χ1n) is 7.08. The van der Waals surface area contributed by atoms with E-state index in [1.165, 1.54) is 17.7 Å². The van der Waals surface area contributed by atoms with Crippen molar-refractivity contribution in [3.05, 3.63) is 45.0 Å². The molecule has 1 N–H and O–H groups in total. The lowest BCUT2D eigenvalue weighted by atomic mass is 10.1. The van der Waals surface area contributed by atoms with Gasteiger partial charge in [-0.1, -0.05) is 30.1 Å². The maximum Gasteiger partial charge on any atom is 0.160 e. The zero-order valence-electron chi connectivity index (χ0n) is 11.6. The summed E-state index contributed by atoms with van der Waals surface area (Å²) in [6.45, 7) is 3.09. The molecule has 0 amide bonds. The maximum atomic E-state index is 13.5. The van der Waals surface area contributed by atoms with Crippen molar-refractivity contribution in [3.63, 3.8) is 0 Å². The van der Waals surface area contributed by atoms with Crippen LogP contribution in [0.5, 0.6) is 0 Å². The summed E-state index contributed by atoms with van der Waals surface area (Å²) in [6.07, 6.45) is 2.58. The van der Waals surface area contributed by atoms with Gasteiger partial charge in [-0.05, 0) is 55.1 Å². The fourth-order valence-electron chi connectivity index (χ4n) is 2.52. The smallest absolute Gasteiger partial charge is 0.160 e. The molecule has 1 aliphatic rings. The highest BCUT2D eigenvalue weighted by atomic mass is 35.5. The Morgan fingerprint density at radius 1 is 1.29 bits per heavy atom. The van der Waals surface area contributed by atoms with Crippen LogP contribution in [0, 0.1) is 11.7 Å². The summed E-state index contributed by atoms with van der Waals surface area (Å²) >= 11 is 13.5. The zero-order chi connectivity index (χ0) is 15.0. The van der Waals surface area contributed by atoms with Gasteiger partial charge in [-0.3, -0.25) is 0 Å². The Bertz CT molecular complexity index is 628. The number of hydrogen-bond donors (Lipinski definition) is 1. The van der Waals surface area contributed by atoms with E-state index in [9.17, 15) is 4.39 Å². The predicted octanol–water partition coefficient (Wildman–Crippen LogP) is 5.92. The lowest BCUT2D eigenvalue weighted by Crippen LogP contribution is -2.21. The van der Waals surface area contributed by atoms with Crippen molar-refractivity contribution in [2.75, 3.05) is 6.54 Å². The lowest BCUT2D eigenvalue weighted by Gasteiger charge is -2.15. The highest BCUT2D eigenvalue weighted by Crippen LogP contribution is 2.44. The molecule has 0 bridgehead atoms. The van der Waals surface area contributed by atoms with Crippen LogP contribution in [0.1, 0.15) is 30.7 Å². The first kappa shape index (κ1) is 15.3. The van der Waals surface area contributed by atoms with Gasteiger partial charge >= 0.3 is 0 Å². The van der Waals surface area contributed by atoms with E-state index in [1.807, 2.05) is 0 Å². The predicted molar refractivity (Wildman–Crippen MR) is 88.9 cm³/mol. The van der Waals surface area contributed by atoms with E-state index < -0.39 is 5.82 Å². The molecule has 0 radical (unpaired) electrons. The van der Waals surface area contributed by atoms with Crippen molar-refractivity contribution in [3.8, 4) is 10.4 Å². The molecule has 1 aliphatic carbocycles. The first-order chi connectivity index (χ1) is 10.1. The summed E-state index contributed by atoms with van der Waals surface area (Å²) in [5.41, 5.74) is 0.869. The summed E-state index contributed by atoms with van der Waals surface area (Å²) in [5, 5.41) is 3.69. The minimum atomic E-state index is -0.553. The van der Waals surface area contributed by atoms with E-state index in [1.54, 1.807) is 23.5 Å². The van der Waals surface area contributed by atoms with Gasteiger partial charge in [0, 0.05) is 15.8 Å². The van der Waals surface area contributed by atoms with Gasteiger partial charge in [-0.25, -0.2) is 4.39 Å². The summed E-state index contributed by atoms with van der Waals surface area (Å²) in [4.78, 5) is 2.39. The average molecular weight is 344 g/mol. The second-order valence-electron chi connectivity index (χ2n) is 5.33. The SMILES string of the molecule is CCNC(c1ccc(-c2cc(Cl)c(F)c(Cl)c2)s1)C1CC1. The number of hydrogen-bond acceptors (Lipinski definition) is 2. The number of rotatable bonds is 5. The van der Waals surface area contributed by atoms with Gasteiger partial charge in [0.25, 0.3) is 0 Å². The summed E-state index contributed by atoms with van der Waals surface area (Å²) in [7, 11) is 0. The molecule has 112 valence electrons. The van der Waals surface area contributed by atoms with Crippen molar-refractivity contribution < 1.29 is 4.39 Å². The molecular formula is C16H16Cl2FNS. The van der Waals surface area contributed by atoms with Gasteiger partial charge in [-0.15, -0.1) is 11.3 Å². The number of benzene rings is 1. The lowest BCUT2D eigenvalue weighted by molar-refractivity contribution is 0.504. The fourth-order valence-corrected chi connectivity index (χ4v) is 4.17. The molecule has 21 heavy (non-hydrogen) atoms. The molecule has 2 aromatic rings. The number of nitrogens with one attached hydrogen (secondary N) is 1. The minimum absolute atomic E-state index is 0.0675. The van der Waals surface area contributed by atoms with Crippen LogP contribution in [0.3, 0.4) is 0 Å². The molecule has 5 heteroatoms. The zero-order valence-corrected chi connectivity index (χ0v) is 14.0. The Hall–Kier alpha value is -0.610. The second kappa shape index (κ2) is 6.25. The van der Waals surface area contributed by atoms with Gasteiger partial charge in [0.1, 0.15) is 0 Å². The van der Waals surface area contributed by atoms with Crippen LogP contribution in [-0.4, -0.2) is 6.54 Å². The molecular weight excluding hydrogens is 328 g/mol. The molecule has 1 saturated carbocycles. The molecule has 3 rings (SSSR count). The summed E-state index contributed by atoms with van der Waals surface area (Å²) in [5.74, 6) is 0.194.